The van der Waals surface area contributed by atoms with Crippen molar-refractivity contribution in [2.45, 2.75) is 31.8 Å². The molecule has 0 bridgehead atoms. The lowest BCUT2D eigenvalue weighted by Gasteiger charge is -2.34. The zero-order chi connectivity index (χ0) is 19.8. The molecule has 0 amide bonds. The molecule has 0 saturated carbocycles. The minimum atomic E-state index is -0.245. The van der Waals surface area contributed by atoms with E-state index in [0.29, 0.717) is 13.0 Å². The number of rotatable bonds is 3. The molecule has 1 aromatic heterocycles. The highest BCUT2D eigenvalue weighted by atomic mass is 32.1. The molecule has 3 aromatic rings. The van der Waals surface area contributed by atoms with Crippen molar-refractivity contribution >= 4 is 28.5 Å². The fourth-order valence-corrected chi connectivity index (χ4v) is 5.19. The molecule has 1 aliphatic carbocycles. The van der Waals surface area contributed by atoms with Gasteiger partial charge in [-0.25, -0.2) is 4.39 Å². The van der Waals surface area contributed by atoms with Crippen LogP contribution in [0.5, 0.6) is 0 Å². The van der Waals surface area contributed by atoms with Crippen LogP contribution in [0, 0.1) is 5.82 Å². The average Bonchev–Trinajstić information content (AvgIpc) is 3.20. The number of para-hydroxylation sites is 2. The molecule has 2 aromatic carbocycles. The maximum atomic E-state index is 13.9. The topological polar surface area (TPSA) is 32.3 Å². The lowest BCUT2D eigenvalue weighted by Crippen LogP contribution is -2.32. The Hall–Kier alpha value is -2.92. The van der Waals surface area contributed by atoms with E-state index in [1.54, 1.807) is 23.5 Å². The molecule has 5 heteroatoms. The summed E-state index contributed by atoms with van der Waals surface area (Å²) in [6.07, 6.45) is 2.31. The summed E-state index contributed by atoms with van der Waals surface area (Å²) in [5.74, 6) is -0.0424. The predicted molar refractivity (Wildman–Crippen MR) is 116 cm³/mol. The van der Waals surface area contributed by atoms with Crippen LogP contribution in [0.1, 0.15) is 35.7 Å². The summed E-state index contributed by atoms with van der Waals surface area (Å²) in [4.78, 5) is 16.5. The van der Waals surface area contributed by atoms with Crippen LogP contribution in [0.25, 0.3) is 0 Å². The van der Waals surface area contributed by atoms with Crippen molar-refractivity contribution in [1.29, 1.82) is 0 Å². The molecule has 0 fully saturated rings. The number of anilines is 2. The van der Waals surface area contributed by atoms with Gasteiger partial charge in [0.15, 0.2) is 5.78 Å². The van der Waals surface area contributed by atoms with Gasteiger partial charge < -0.3 is 10.2 Å². The van der Waals surface area contributed by atoms with Gasteiger partial charge in [-0.15, -0.1) is 11.3 Å². The van der Waals surface area contributed by atoms with Crippen LogP contribution >= 0.6 is 11.3 Å². The molecule has 29 heavy (non-hydrogen) atoms. The van der Waals surface area contributed by atoms with Gasteiger partial charge in [-0.3, -0.25) is 4.79 Å². The summed E-state index contributed by atoms with van der Waals surface area (Å²) in [6.45, 7) is 0.517. The van der Waals surface area contributed by atoms with Gasteiger partial charge in [0.1, 0.15) is 5.82 Å². The molecule has 0 unspecified atom stereocenters. The summed E-state index contributed by atoms with van der Waals surface area (Å²) >= 11 is 1.66. The van der Waals surface area contributed by atoms with Gasteiger partial charge in [-0.05, 0) is 54.1 Å². The number of benzene rings is 2. The van der Waals surface area contributed by atoms with E-state index >= 15 is 0 Å². The first-order chi connectivity index (χ1) is 14.2. The van der Waals surface area contributed by atoms with Gasteiger partial charge in [0, 0.05) is 29.1 Å². The summed E-state index contributed by atoms with van der Waals surface area (Å²) in [7, 11) is 0. The highest BCUT2D eigenvalue weighted by Gasteiger charge is 2.37. The highest BCUT2D eigenvalue weighted by molar-refractivity contribution is 7.10. The van der Waals surface area contributed by atoms with Crippen LogP contribution in [0.2, 0.25) is 0 Å². The van der Waals surface area contributed by atoms with Crippen molar-refractivity contribution in [1.82, 2.24) is 0 Å². The fourth-order valence-electron chi connectivity index (χ4n) is 4.35. The molecule has 2 aliphatic rings. The van der Waals surface area contributed by atoms with E-state index in [1.165, 1.54) is 6.07 Å². The summed E-state index contributed by atoms with van der Waals surface area (Å²) in [5.41, 5.74) is 4.77. The Balaban J connectivity index is 1.71. The number of ketones is 1. The second kappa shape index (κ2) is 7.48. The molecule has 0 spiro atoms. The maximum Gasteiger partial charge on any atom is 0.163 e. The Morgan fingerprint density at radius 3 is 2.79 bits per heavy atom. The number of nitrogens with zero attached hydrogens (tertiary/aromatic N) is 1. The first kappa shape index (κ1) is 18.1. The first-order valence-electron chi connectivity index (χ1n) is 9.87. The van der Waals surface area contributed by atoms with E-state index < -0.39 is 0 Å². The molecule has 0 saturated heterocycles. The SMILES string of the molecule is O=C1CCCC2=C1[C@@H](c1cccs1)N(Cc1cccc(F)c1)c1ccccc1N2. The quantitative estimate of drug-likeness (QED) is 0.575. The lowest BCUT2D eigenvalue weighted by atomic mass is 9.88. The summed E-state index contributed by atoms with van der Waals surface area (Å²) in [5, 5.41) is 5.61. The molecule has 3 nitrogen and oxygen atoms in total. The minimum Gasteiger partial charge on any atom is -0.357 e. The van der Waals surface area contributed by atoms with Gasteiger partial charge >= 0.3 is 0 Å². The standard InChI is InChI=1S/C24H21FN2OS/c25-17-7-3-6-16(14-17)15-27-20-10-2-1-8-18(20)26-19-9-4-11-21(28)23(19)24(27)22-12-5-13-29-22/h1-3,5-8,10,12-14,24,26H,4,9,11,15H2/t24-/m1/s1. The first-order valence-corrected chi connectivity index (χ1v) is 10.8. The number of hydrogen-bond acceptors (Lipinski definition) is 4. The summed E-state index contributed by atoms with van der Waals surface area (Å²) < 4.78 is 13.9. The van der Waals surface area contributed by atoms with Crippen LogP contribution in [0.15, 0.2) is 77.3 Å². The van der Waals surface area contributed by atoms with Crippen molar-refractivity contribution in [3.05, 3.63) is 93.6 Å². The maximum absolute atomic E-state index is 13.9. The number of hydrogen-bond donors (Lipinski definition) is 1. The van der Waals surface area contributed by atoms with Crippen LogP contribution < -0.4 is 10.2 Å². The Morgan fingerprint density at radius 2 is 1.97 bits per heavy atom. The van der Waals surface area contributed by atoms with E-state index in [0.717, 1.165) is 45.9 Å². The number of thiophene rings is 1. The number of allylic oxidation sites excluding steroid dienone is 1. The molecular weight excluding hydrogens is 383 g/mol. The second-order valence-electron chi connectivity index (χ2n) is 7.49. The van der Waals surface area contributed by atoms with Gasteiger partial charge in [0.25, 0.3) is 0 Å². The molecule has 2 heterocycles. The molecule has 1 aliphatic heterocycles. The smallest absolute Gasteiger partial charge is 0.163 e. The van der Waals surface area contributed by atoms with Crippen molar-refractivity contribution < 1.29 is 9.18 Å². The molecule has 1 N–H and O–H groups in total. The predicted octanol–water partition coefficient (Wildman–Crippen LogP) is 6.07. The number of carbonyl (C=O) groups is 1. The number of halogens is 1. The minimum absolute atomic E-state index is 0.183. The van der Waals surface area contributed by atoms with E-state index in [2.05, 4.69) is 28.4 Å². The lowest BCUT2D eigenvalue weighted by molar-refractivity contribution is -0.116. The Morgan fingerprint density at radius 1 is 1.07 bits per heavy atom. The van der Waals surface area contributed by atoms with Crippen molar-refractivity contribution in [3.63, 3.8) is 0 Å². The number of nitrogens with one attached hydrogen (secondary N) is 1. The monoisotopic (exact) mass is 404 g/mol. The van der Waals surface area contributed by atoms with Crippen molar-refractivity contribution in [3.8, 4) is 0 Å². The number of Topliss-reactive ketones (excluding diaryl/α,β-unsaturated/α-hetero) is 1. The molecule has 1 atom stereocenters. The van der Waals surface area contributed by atoms with E-state index in [9.17, 15) is 9.18 Å². The molecule has 0 radical (unpaired) electrons. The van der Waals surface area contributed by atoms with E-state index in [-0.39, 0.29) is 17.6 Å². The van der Waals surface area contributed by atoms with Gasteiger partial charge in [-0.1, -0.05) is 30.3 Å². The normalized spacial score (nSPS) is 18.7. The molecule has 146 valence electrons. The number of carbonyl (C=O) groups excluding carboxylic acids is 1. The van der Waals surface area contributed by atoms with Crippen molar-refractivity contribution in [2.24, 2.45) is 0 Å². The van der Waals surface area contributed by atoms with Crippen LogP contribution in [-0.4, -0.2) is 5.78 Å². The van der Waals surface area contributed by atoms with Gasteiger partial charge in [0.2, 0.25) is 0 Å². The van der Waals surface area contributed by atoms with Crippen LogP contribution in [0.3, 0.4) is 0 Å². The average molecular weight is 405 g/mol. The van der Waals surface area contributed by atoms with Gasteiger partial charge in [-0.2, -0.15) is 0 Å². The molecular formula is C24H21FN2OS. The van der Waals surface area contributed by atoms with E-state index in [4.69, 9.17) is 0 Å². The Labute approximate surface area is 173 Å². The number of fused-ring (bicyclic) bond motifs is 1. The third-order valence-electron chi connectivity index (χ3n) is 5.59. The molecule has 5 rings (SSSR count). The van der Waals surface area contributed by atoms with E-state index in [1.807, 2.05) is 29.6 Å². The Bertz CT molecular complexity index is 1090. The third kappa shape index (κ3) is 3.36. The third-order valence-corrected chi connectivity index (χ3v) is 6.52. The van der Waals surface area contributed by atoms with Crippen LogP contribution in [-0.2, 0) is 11.3 Å². The van der Waals surface area contributed by atoms with Gasteiger partial charge in [0.05, 0.1) is 17.4 Å². The zero-order valence-electron chi connectivity index (χ0n) is 15.9. The van der Waals surface area contributed by atoms with Crippen molar-refractivity contribution in [2.75, 3.05) is 10.2 Å². The fraction of sp³-hybridized carbons (Fsp3) is 0.208. The Kier molecular flexibility index (Phi) is 4.68. The van der Waals surface area contributed by atoms with Crippen LogP contribution in [0.4, 0.5) is 15.8 Å². The summed E-state index contributed by atoms with van der Waals surface area (Å²) in [6, 6.07) is 18.8. The zero-order valence-corrected chi connectivity index (χ0v) is 16.7. The largest absolute Gasteiger partial charge is 0.357 e. The second-order valence-corrected chi connectivity index (χ2v) is 8.47. The highest BCUT2D eigenvalue weighted by Crippen LogP contribution is 2.46.